The molecular formula is C7H11N3O. The molecule has 0 saturated carbocycles. The first-order chi connectivity index (χ1) is 5.07. The largest absolute Gasteiger partial charge is 0.368 e. The van der Waals surface area contributed by atoms with Crippen LogP contribution in [0.2, 0.25) is 0 Å². The van der Waals surface area contributed by atoms with Crippen molar-refractivity contribution in [3.8, 4) is 0 Å². The Bertz CT molecular complexity index is 228. The molecule has 0 fully saturated rings. The van der Waals surface area contributed by atoms with Crippen molar-refractivity contribution in [3.05, 3.63) is 11.6 Å². The molecule has 0 heterocycles. The van der Waals surface area contributed by atoms with E-state index >= 15 is 0 Å². The summed E-state index contributed by atoms with van der Waals surface area (Å²) < 4.78 is 0. The summed E-state index contributed by atoms with van der Waals surface area (Å²) in [6, 6.07) is 0. The number of aliphatic imine (C=N–C) groups is 1. The van der Waals surface area contributed by atoms with Crippen molar-refractivity contribution in [3.63, 3.8) is 0 Å². The van der Waals surface area contributed by atoms with Gasteiger partial charge in [-0.25, -0.2) is 4.99 Å². The molecule has 0 saturated heterocycles. The molecule has 4 heteroatoms. The minimum absolute atomic E-state index is 0.0856. The molecule has 0 amide bonds. The summed E-state index contributed by atoms with van der Waals surface area (Å²) in [5.74, 6) is -0.386. The van der Waals surface area contributed by atoms with Gasteiger partial charge in [0, 0.05) is 11.8 Å². The van der Waals surface area contributed by atoms with Crippen LogP contribution >= 0.6 is 0 Å². The molecule has 0 atom stereocenters. The maximum Gasteiger partial charge on any atom is 0.212 e. The summed E-state index contributed by atoms with van der Waals surface area (Å²) >= 11 is 0. The molecule has 0 radical (unpaired) electrons. The Kier molecular flexibility index (Phi) is 3.80. The van der Waals surface area contributed by atoms with Gasteiger partial charge in [0.2, 0.25) is 5.96 Å². The van der Waals surface area contributed by atoms with Crippen molar-refractivity contribution in [1.82, 2.24) is 0 Å². The maximum absolute atomic E-state index is 10.7. The van der Waals surface area contributed by atoms with E-state index in [1.54, 1.807) is 13.0 Å². The van der Waals surface area contributed by atoms with Crippen LogP contribution in [0.15, 0.2) is 16.6 Å². The van der Waals surface area contributed by atoms with Crippen LogP contribution in [0.25, 0.3) is 0 Å². The lowest BCUT2D eigenvalue weighted by Crippen LogP contribution is -2.07. The van der Waals surface area contributed by atoms with Gasteiger partial charge < -0.3 is 5.73 Å². The fourth-order valence-corrected chi connectivity index (χ4v) is 0.508. The highest BCUT2D eigenvalue weighted by molar-refractivity contribution is 6.13. The molecule has 0 aliphatic rings. The fourth-order valence-electron chi connectivity index (χ4n) is 0.508. The van der Waals surface area contributed by atoms with Crippen LogP contribution in [0.4, 0.5) is 0 Å². The van der Waals surface area contributed by atoms with E-state index in [1.807, 2.05) is 0 Å². The second-order valence-electron chi connectivity index (χ2n) is 1.94. The fraction of sp³-hybridized carbons (Fsp3) is 0.286. The summed E-state index contributed by atoms with van der Waals surface area (Å²) in [5, 5.41) is 6.75. The Labute approximate surface area is 65.3 Å². The van der Waals surface area contributed by atoms with Crippen LogP contribution < -0.4 is 5.73 Å². The predicted molar refractivity (Wildman–Crippen MR) is 44.8 cm³/mol. The lowest BCUT2D eigenvalue weighted by Gasteiger charge is -1.91. The Morgan fingerprint density at radius 2 is 2.18 bits per heavy atom. The number of ketones is 1. The Morgan fingerprint density at radius 1 is 1.64 bits per heavy atom. The van der Waals surface area contributed by atoms with E-state index in [4.69, 9.17) is 11.1 Å². The quantitative estimate of drug-likeness (QED) is 0.344. The highest BCUT2D eigenvalue weighted by atomic mass is 16.1. The zero-order valence-electron chi connectivity index (χ0n) is 6.59. The molecular weight excluding hydrogens is 142 g/mol. The first-order valence-electron chi connectivity index (χ1n) is 3.13. The van der Waals surface area contributed by atoms with Gasteiger partial charge in [0.1, 0.15) is 0 Å². The molecule has 0 aromatic heterocycles. The van der Waals surface area contributed by atoms with Crippen LogP contribution in [0, 0.1) is 5.41 Å². The standard InChI is InChI=1S/C7H11N3O/c1-3-6(5(2)11)4-10-7(8)9/h3-4H,1-2H3,(H3,8,9)/b6-3+,10-4-. The minimum Gasteiger partial charge on any atom is -0.368 e. The van der Waals surface area contributed by atoms with Crippen LogP contribution in [0.5, 0.6) is 0 Å². The van der Waals surface area contributed by atoms with E-state index < -0.39 is 0 Å². The van der Waals surface area contributed by atoms with Gasteiger partial charge in [-0.2, -0.15) is 0 Å². The topological polar surface area (TPSA) is 79.3 Å². The van der Waals surface area contributed by atoms with Crippen LogP contribution in [-0.2, 0) is 4.79 Å². The number of nitrogens with one attached hydrogen (secondary N) is 1. The zero-order chi connectivity index (χ0) is 8.85. The molecule has 0 bridgehead atoms. The lowest BCUT2D eigenvalue weighted by atomic mass is 10.2. The van der Waals surface area contributed by atoms with Crippen LogP contribution in [0.1, 0.15) is 13.8 Å². The highest BCUT2D eigenvalue weighted by Crippen LogP contribution is 1.90. The SMILES string of the molecule is C/C=C(\C=N/C(=N)N)C(C)=O. The van der Waals surface area contributed by atoms with Crippen molar-refractivity contribution in [1.29, 1.82) is 5.41 Å². The van der Waals surface area contributed by atoms with Gasteiger partial charge in [0.15, 0.2) is 5.78 Å². The van der Waals surface area contributed by atoms with Gasteiger partial charge in [-0.15, -0.1) is 0 Å². The van der Waals surface area contributed by atoms with Gasteiger partial charge in [-0.1, -0.05) is 6.08 Å². The van der Waals surface area contributed by atoms with Gasteiger partial charge >= 0.3 is 0 Å². The average Bonchev–Trinajstić information content (AvgIpc) is 1.87. The van der Waals surface area contributed by atoms with Gasteiger partial charge in [-0.3, -0.25) is 10.2 Å². The van der Waals surface area contributed by atoms with Crippen molar-refractivity contribution >= 4 is 18.0 Å². The molecule has 0 aliphatic carbocycles. The number of carbonyl (C=O) groups is 1. The normalized spacial score (nSPS) is 12.0. The first kappa shape index (κ1) is 9.55. The number of Topliss-reactive ketones (excluding diaryl/α,β-unsaturated/α-hetero) is 1. The zero-order valence-corrected chi connectivity index (χ0v) is 6.59. The van der Waals surface area contributed by atoms with Crippen LogP contribution in [0.3, 0.4) is 0 Å². The summed E-state index contributed by atoms with van der Waals surface area (Å²) in [6.45, 7) is 3.16. The van der Waals surface area contributed by atoms with Crippen molar-refractivity contribution < 1.29 is 4.79 Å². The van der Waals surface area contributed by atoms with E-state index in [0.717, 1.165) is 0 Å². The summed E-state index contributed by atoms with van der Waals surface area (Å²) in [7, 11) is 0. The molecule has 3 N–H and O–H groups in total. The number of hydrogen-bond acceptors (Lipinski definition) is 2. The molecule has 0 spiro atoms. The van der Waals surface area contributed by atoms with E-state index in [2.05, 4.69) is 4.99 Å². The van der Waals surface area contributed by atoms with E-state index in [-0.39, 0.29) is 11.7 Å². The summed E-state index contributed by atoms with van der Waals surface area (Å²) in [4.78, 5) is 14.2. The predicted octanol–water partition coefficient (Wildman–Crippen LogP) is 0.486. The molecule has 0 rings (SSSR count). The third-order valence-electron chi connectivity index (χ3n) is 1.06. The number of rotatable bonds is 2. The van der Waals surface area contributed by atoms with Crippen LogP contribution in [-0.4, -0.2) is 18.0 Å². The molecule has 4 nitrogen and oxygen atoms in total. The van der Waals surface area contributed by atoms with Gasteiger partial charge in [0.25, 0.3) is 0 Å². The van der Waals surface area contributed by atoms with Crippen molar-refractivity contribution in [2.75, 3.05) is 0 Å². The second kappa shape index (κ2) is 4.38. The first-order valence-corrected chi connectivity index (χ1v) is 3.13. The maximum atomic E-state index is 10.7. The number of guanidine groups is 1. The monoisotopic (exact) mass is 153 g/mol. The molecule has 11 heavy (non-hydrogen) atoms. The lowest BCUT2D eigenvalue weighted by molar-refractivity contribution is -0.113. The Morgan fingerprint density at radius 3 is 2.45 bits per heavy atom. The molecule has 0 aromatic carbocycles. The number of carbonyl (C=O) groups excluding carboxylic acids is 1. The highest BCUT2D eigenvalue weighted by Gasteiger charge is 1.96. The number of nitrogens with zero attached hydrogens (tertiary/aromatic N) is 1. The summed E-state index contributed by atoms with van der Waals surface area (Å²) in [5.41, 5.74) is 5.40. The number of nitrogens with two attached hydrogens (primary N) is 1. The molecule has 0 unspecified atom stereocenters. The van der Waals surface area contributed by atoms with E-state index in [0.29, 0.717) is 5.57 Å². The van der Waals surface area contributed by atoms with Gasteiger partial charge in [-0.05, 0) is 13.8 Å². The molecule has 0 aromatic rings. The molecule has 60 valence electrons. The van der Waals surface area contributed by atoms with E-state index in [1.165, 1.54) is 13.1 Å². The van der Waals surface area contributed by atoms with Crippen molar-refractivity contribution in [2.45, 2.75) is 13.8 Å². The Hall–Kier alpha value is -1.45. The average molecular weight is 153 g/mol. The van der Waals surface area contributed by atoms with E-state index in [9.17, 15) is 4.79 Å². The number of allylic oxidation sites excluding steroid dienone is 2. The third-order valence-corrected chi connectivity index (χ3v) is 1.06. The number of hydrogen-bond donors (Lipinski definition) is 2. The smallest absolute Gasteiger partial charge is 0.212 e. The Balaban J connectivity index is 4.34. The molecule has 0 aliphatic heterocycles. The van der Waals surface area contributed by atoms with Crippen molar-refractivity contribution in [2.24, 2.45) is 10.7 Å². The van der Waals surface area contributed by atoms with Gasteiger partial charge in [0.05, 0.1) is 0 Å². The summed E-state index contributed by atoms with van der Waals surface area (Å²) in [6.07, 6.45) is 2.90. The third kappa shape index (κ3) is 4.02. The minimum atomic E-state index is -0.300. The second-order valence-corrected chi connectivity index (χ2v) is 1.94.